The molecule has 0 bridgehead atoms. The van der Waals surface area contributed by atoms with E-state index in [0.29, 0.717) is 17.0 Å². The van der Waals surface area contributed by atoms with Crippen LogP contribution in [0.5, 0.6) is 0 Å². The fourth-order valence-corrected chi connectivity index (χ4v) is 3.69. The van der Waals surface area contributed by atoms with Crippen molar-refractivity contribution in [2.75, 3.05) is 11.9 Å². The molecule has 4 aromatic rings. The first-order valence-electron chi connectivity index (χ1n) is 8.57. The van der Waals surface area contributed by atoms with Crippen LogP contribution in [0.2, 0.25) is 0 Å². The van der Waals surface area contributed by atoms with Gasteiger partial charge in [-0.15, -0.1) is 10.2 Å². The first-order chi connectivity index (χ1) is 13.6. The van der Waals surface area contributed by atoms with E-state index in [9.17, 15) is 9.59 Å². The summed E-state index contributed by atoms with van der Waals surface area (Å²) in [6.45, 7) is 1.99. The summed E-state index contributed by atoms with van der Waals surface area (Å²) in [5, 5.41) is 12.4. The molecule has 3 heterocycles. The van der Waals surface area contributed by atoms with Crippen molar-refractivity contribution >= 4 is 40.2 Å². The molecule has 4 rings (SSSR count). The number of amides is 1. The molecule has 0 radical (unpaired) electrons. The van der Waals surface area contributed by atoms with Crippen LogP contribution in [0.3, 0.4) is 0 Å². The van der Waals surface area contributed by atoms with Crippen LogP contribution in [0.25, 0.3) is 16.6 Å². The van der Waals surface area contributed by atoms with Gasteiger partial charge in [0.2, 0.25) is 0 Å². The first kappa shape index (κ1) is 18.1. The van der Waals surface area contributed by atoms with Gasteiger partial charge in [-0.25, -0.2) is 9.59 Å². The largest absolute Gasteiger partial charge is 0.450 e. The van der Waals surface area contributed by atoms with E-state index in [0.717, 1.165) is 21.8 Å². The zero-order chi connectivity index (χ0) is 19.5. The van der Waals surface area contributed by atoms with Crippen LogP contribution < -0.4 is 10.9 Å². The molecule has 3 aromatic heterocycles. The van der Waals surface area contributed by atoms with E-state index in [1.165, 1.54) is 17.8 Å². The van der Waals surface area contributed by atoms with E-state index in [4.69, 9.17) is 9.15 Å². The summed E-state index contributed by atoms with van der Waals surface area (Å²) < 4.78 is 12.0. The van der Waals surface area contributed by atoms with Gasteiger partial charge in [-0.2, -0.15) is 0 Å². The second kappa shape index (κ2) is 7.73. The van der Waals surface area contributed by atoms with Crippen molar-refractivity contribution in [2.24, 2.45) is 0 Å². The fraction of sp³-hybridized carbons (Fsp3) is 0.158. The molecule has 0 unspecified atom stereocenters. The average Bonchev–Trinajstić information content (AvgIpc) is 3.09. The third-order valence-electron chi connectivity index (χ3n) is 3.99. The number of ether oxygens (including phenoxy) is 1. The van der Waals surface area contributed by atoms with Crippen LogP contribution in [0.15, 0.2) is 63.0 Å². The number of aromatic nitrogens is 3. The summed E-state index contributed by atoms with van der Waals surface area (Å²) in [7, 11) is 0. The molecule has 1 N–H and O–H groups in total. The Hall–Kier alpha value is -3.33. The lowest BCUT2D eigenvalue weighted by atomic mass is 10.1. The van der Waals surface area contributed by atoms with Crippen LogP contribution in [0.4, 0.5) is 10.5 Å². The van der Waals surface area contributed by atoms with Gasteiger partial charge in [0.15, 0.2) is 10.8 Å². The van der Waals surface area contributed by atoms with E-state index in [-0.39, 0.29) is 6.61 Å². The van der Waals surface area contributed by atoms with E-state index in [2.05, 4.69) is 15.5 Å². The number of nitrogens with one attached hydrogen (secondary N) is 1. The summed E-state index contributed by atoms with van der Waals surface area (Å²) in [6, 6.07) is 12.3. The van der Waals surface area contributed by atoms with Crippen molar-refractivity contribution < 1.29 is 13.9 Å². The lowest BCUT2D eigenvalue weighted by Gasteiger charge is -2.08. The van der Waals surface area contributed by atoms with E-state index < -0.39 is 11.7 Å². The van der Waals surface area contributed by atoms with E-state index in [1.54, 1.807) is 25.1 Å². The van der Waals surface area contributed by atoms with Crippen LogP contribution in [-0.2, 0) is 10.5 Å². The highest BCUT2D eigenvalue weighted by atomic mass is 32.2. The quantitative estimate of drug-likeness (QED) is 0.406. The Kier molecular flexibility index (Phi) is 4.98. The number of rotatable bonds is 5. The Bertz CT molecular complexity index is 1220. The normalized spacial score (nSPS) is 11.0. The maximum absolute atomic E-state index is 12.0. The van der Waals surface area contributed by atoms with Gasteiger partial charge in [-0.1, -0.05) is 17.8 Å². The number of pyridine rings is 1. The SMILES string of the molecule is CCOC(=O)Nc1ccc2c(CSc3nnc4ccccn34)cc(=O)oc2c1. The van der Waals surface area contributed by atoms with Crippen LogP contribution in [-0.4, -0.2) is 27.3 Å². The Balaban J connectivity index is 1.61. The molecule has 0 fully saturated rings. The Morgan fingerprint density at radius 3 is 3.00 bits per heavy atom. The highest BCUT2D eigenvalue weighted by molar-refractivity contribution is 7.98. The van der Waals surface area contributed by atoms with Crippen molar-refractivity contribution in [3.8, 4) is 0 Å². The zero-order valence-electron chi connectivity index (χ0n) is 14.9. The summed E-state index contributed by atoms with van der Waals surface area (Å²) in [5.41, 5.74) is 2.00. The molecule has 0 spiro atoms. The number of thioether (sulfide) groups is 1. The topological polar surface area (TPSA) is 98.7 Å². The third kappa shape index (κ3) is 3.70. The Morgan fingerprint density at radius 1 is 1.25 bits per heavy atom. The summed E-state index contributed by atoms with van der Waals surface area (Å²) in [6.07, 6.45) is 1.33. The molecule has 9 heteroatoms. The summed E-state index contributed by atoms with van der Waals surface area (Å²) in [4.78, 5) is 23.6. The molecule has 0 aliphatic heterocycles. The van der Waals surface area contributed by atoms with Gasteiger partial charge in [0.1, 0.15) is 5.58 Å². The van der Waals surface area contributed by atoms with Gasteiger partial charge < -0.3 is 9.15 Å². The molecule has 0 aliphatic carbocycles. The van der Waals surface area contributed by atoms with Crippen molar-refractivity contribution in [3.05, 3.63) is 64.6 Å². The number of hydrogen-bond donors (Lipinski definition) is 1. The van der Waals surface area contributed by atoms with Gasteiger partial charge in [0.05, 0.1) is 6.61 Å². The van der Waals surface area contributed by atoms with Crippen LogP contribution in [0.1, 0.15) is 12.5 Å². The predicted octanol–water partition coefficient (Wildman–Crippen LogP) is 3.70. The minimum atomic E-state index is -0.561. The van der Waals surface area contributed by atoms with Crippen molar-refractivity contribution in [1.29, 1.82) is 0 Å². The van der Waals surface area contributed by atoms with Crippen molar-refractivity contribution in [2.45, 2.75) is 17.8 Å². The second-order valence-corrected chi connectivity index (χ2v) is 6.79. The molecule has 0 atom stereocenters. The zero-order valence-corrected chi connectivity index (χ0v) is 15.7. The van der Waals surface area contributed by atoms with Crippen LogP contribution >= 0.6 is 11.8 Å². The predicted molar refractivity (Wildman–Crippen MR) is 106 cm³/mol. The van der Waals surface area contributed by atoms with Gasteiger partial charge >= 0.3 is 11.7 Å². The highest BCUT2D eigenvalue weighted by Gasteiger charge is 2.11. The number of benzene rings is 1. The summed E-state index contributed by atoms with van der Waals surface area (Å²) in [5.74, 6) is 0.516. The minimum absolute atomic E-state index is 0.271. The van der Waals surface area contributed by atoms with E-state index >= 15 is 0 Å². The molecule has 8 nitrogen and oxygen atoms in total. The second-order valence-electron chi connectivity index (χ2n) is 5.85. The summed E-state index contributed by atoms with van der Waals surface area (Å²) >= 11 is 1.47. The number of fused-ring (bicyclic) bond motifs is 2. The van der Waals surface area contributed by atoms with E-state index in [1.807, 2.05) is 28.8 Å². The molecule has 142 valence electrons. The molecule has 0 saturated carbocycles. The number of nitrogens with zero attached hydrogens (tertiary/aromatic N) is 3. The lowest BCUT2D eigenvalue weighted by Crippen LogP contribution is -2.13. The Labute approximate surface area is 163 Å². The van der Waals surface area contributed by atoms with Gasteiger partial charge in [0.25, 0.3) is 0 Å². The highest BCUT2D eigenvalue weighted by Crippen LogP contribution is 2.27. The van der Waals surface area contributed by atoms with Gasteiger partial charge in [-0.05, 0) is 36.8 Å². The van der Waals surface area contributed by atoms with Gasteiger partial charge in [0, 0.05) is 35.2 Å². The molecule has 0 saturated heterocycles. The third-order valence-corrected chi connectivity index (χ3v) is 4.98. The van der Waals surface area contributed by atoms with Crippen LogP contribution in [0, 0.1) is 0 Å². The lowest BCUT2D eigenvalue weighted by molar-refractivity contribution is 0.168. The van der Waals surface area contributed by atoms with Gasteiger partial charge in [-0.3, -0.25) is 9.72 Å². The fourth-order valence-electron chi connectivity index (χ4n) is 2.77. The maximum atomic E-state index is 12.0. The number of anilines is 1. The van der Waals surface area contributed by atoms with Crippen molar-refractivity contribution in [1.82, 2.24) is 14.6 Å². The monoisotopic (exact) mass is 396 g/mol. The molecule has 0 aliphatic rings. The molecule has 1 aromatic carbocycles. The average molecular weight is 396 g/mol. The molecular weight excluding hydrogens is 380 g/mol. The first-order valence-corrected chi connectivity index (χ1v) is 9.56. The number of carbonyl (C=O) groups excluding carboxylic acids is 1. The number of carbonyl (C=O) groups is 1. The standard InChI is InChI=1S/C19H16N4O4S/c1-2-26-19(25)20-13-6-7-14-12(9-17(24)27-15(14)10-13)11-28-18-22-21-16-5-3-4-8-23(16)18/h3-10H,2,11H2,1H3,(H,20,25). The molecule has 1 amide bonds. The minimum Gasteiger partial charge on any atom is -0.450 e. The number of hydrogen-bond acceptors (Lipinski definition) is 7. The molecule has 28 heavy (non-hydrogen) atoms. The molecular formula is C19H16N4O4S. The van der Waals surface area contributed by atoms with Crippen molar-refractivity contribution in [3.63, 3.8) is 0 Å². The Morgan fingerprint density at radius 2 is 2.14 bits per heavy atom. The smallest absolute Gasteiger partial charge is 0.411 e. The maximum Gasteiger partial charge on any atom is 0.411 e.